The van der Waals surface area contributed by atoms with E-state index in [1.165, 1.54) is 12.8 Å². The third-order valence-corrected chi connectivity index (χ3v) is 4.98. The summed E-state index contributed by atoms with van der Waals surface area (Å²) in [5.74, 6) is -0.0653. The number of hydrogen-bond acceptors (Lipinski definition) is 7. The van der Waals surface area contributed by atoms with Crippen LogP contribution in [0, 0.1) is 0 Å². The zero-order chi connectivity index (χ0) is 18.1. The number of rotatable bonds is 4. The highest BCUT2D eigenvalue weighted by Crippen LogP contribution is 2.31. The maximum absolute atomic E-state index is 12.5. The Morgan fingerprint density at radius 1 is 1.15 bits per heavy atom. The van der Waals surface area contributed by atoms with Crippen LogP contribution in [0.25, 0.3) is 11.0 Å². The van der Waals surface area contributed by atoms with Gasteiger partial charge in [-0.15, -0.1) is 0 Å². The van der Waals surface area contributed by atoms with Crippen LogP contribution in [0.2, 0.25) is 0 Å². The number of amides is 1. The van der Waals surface area contributed by atoms with Gasteiger partial charge >= 0.3 is 0 Å². The molecule has 0 bridgehead atoms. The first-order valence-electron chi connectivity index (χ1n) is 9.28. The zero-order valence-corrected chi connectivity index (χ0v) is 15.3. The maximum atomic E-state index is 12.5. The Labute approximate surface area is 152 Å². The molecule has 2 atom stereocenters. The molecule has 0 saturated carbocycles. The largest absolute Gasteiger partial charge is 0.373 e. The minimum atomic E-state index is -0.0653. The van der Waals surface area contributed by atoms with Gasteiger partial charge in [0.25, 0.3) is 0 Å². The summed E-state index contributed by atoms with van der Waals surface area (Å²) in [6.45, 7) is 7.94. The Hall–Kier alpha value is -2.19. The molecule has 3 heterocycles. The van der Waals surface area contributed by atoms with Crippen LogP contribution in [0.1, 0.15) is 26.7 Å². The number of anilines is 2. The van der Waals surface area contributed by atoms with Crippen molar-refractivity contribution >= 4 is 28.3 Å². The second kappa shape index (κ2) is 7.20. The minimum absolute atomic E-state index is 0.0653. The quantitative estimate of drug-likeness (QED) is 0.892. The van der Waals surface area contributed by atoms with Gasteiger partial charge in [-0.3, -0.25) is 9.69 Å². The van der Waals surface area contributed by atoms with E-state index < -0.39 is 0 Å². The minimum Gasteiger partial charge on any atom is -0.373 e. The number of nitrogens with one attached hydrogen (secondary N) is 1. The SMILES string of the molecule is C[C@@H]1CN(CC(=O)Nc2ccc(N3CCCC3)c3nonc23)C[C@H](C)O1. The van der Waals surface area contributed by atoms with E-state index in [-0.39, 0.29) is 18.1 Å². The first kappa shape index (κ1) is 17.2. The van der Waals surface area contributed by atoms with Crippen LogP contribution in [0.5, 0.6) is 0 Å². The number of carbonyl (C=O) groups is 1. The number of aromatic nitrogens is 2. The smallest absolute Gasteiger partial charge is 0.238 e. The van der Waals surface area contributed by atoms with Crippen molar-refractivity contribution in [3.05, 3.63) is 12.1 Å². The summed E-state index contributed by atoms with van der Waals surface area (Å²) in [5, 5.41) is 11.0. The number of morpholine rings is 1. The highest BCUT2D eigenvalue weighted by molar-refractivity contribution is 6.03. The van der Waals surface area contributed by atoms with Gasteiger partial charge in [-0.1, -0.05) is 0 Å². The Bertz CT molecular complexity index is 776. The molecule has 2 saturated heterocycles. The molecule has 0 radical (unpaired) electrons. The molecular weight excluding hydrogens is 334 g/mol. The van der Waals surface area contributed by atoms with Crippen molar-refractivity contribution < 1.29 is 14.2 Å². The molecule has 2 aliphatic rings. The monoisotopic (exact) mass is 359 g/mol. The summed E-state index contributed by atoms with van der Waals surface area (Å²) in [7, 11) is 0. The van der Waals surface area contributed by atoms with Crippen molar-refractivity contribution in [1.82, 2.24) is 15.2 Å². The second-order valence-corrected chi connectivity index (χ2v) is 7.29. The van der Waals surface area contributed by atoms with Crippen molar-refractivity contribution in [1.29, 1.82) is 0 Å². The van der Waals surface area contributed by atoms with Crippen LogP contribution in [0.4, 0.5) is 11.4 Å². The third-order valence-electron chi connectivity index (χ3n) is 4.98. The van der Waals surface area contributed by atoms with Gasteiger partial charge in [0.05, 0.1) is 30.1 Å². The van der Waals surface area contributed by atoms with Gasteiger partial charge in [-0.25, -0.2) is 4.63 Å². The standard InChI is InChI=1S/C18H25N5O3/c1-12-9-22(10-13(2)25-12)11-16(24)19-14-5-6-15(23-7-3-4-8-23)18-17(14)20-26-21-18/h5-6,12-13H,3-4,7-11H2,1-2H3,(H,19,24)/t12-,13+. The molecule has 0 unspecified atom stereocenters. The fourth-order valence-electron chi connectivity index (χ4n) is 3.97. The summed E-state index contributed by atoms with van der Waals surface area (Å²) in [6, 6.07) is 3.88. The molecule has 26 heavy (non-hydrogen) atoms. The number of fused-ring (bicyclic) bond motifs is 1. The van der Waals surface area contributed by atoms with Gasteiger partial charge < -0.3 is 15.0 Å². The Morgan fingerprint density at radius 3 is 2.58 bits per heavy atom. The van der Waals surface area contributed by atoms with Gasteiger partial charge in [-0.05, 0) is 49.1 Å². The highest BCUT2D eigenvalue weighted by Gasteiger charge is 2.25. The van der Waals surface area contributed by atoms with E-state index in [4.69, 9.17) is 9.37 Å². The Balaban J connectivity index is 1.48. The number of nitrogens with zero attached hydrogens (tertiary/aromatic N) is 4. The van der Waals surface area contributed by atoms with Crippen molar-refractivity contribution in [2.24, 2.45) is 0 Å². The molecule has 2 fully saturated rings. The lowest BCUT2D eigenvalue weighted by Gasteiger charge is -2.34. The van der Waals surface area contributed by atoms with E-state index in [0.29, 0.717) is 23.3 Å². The fraction of sp³-hybridized carbons (Fsp3) is 0.611. The van der Waals surface area contributed by atoms with Gasteiger partial charge in [-0.2, -0.15) is 0 Å². The van der Waals surface area contributed by atoms with E-state index >= 15 is 0 Å². The number of ether oxygens (including phenoxy) is 1. The van der Waals surface area contributed by atoms with Crippen molar-refractivity contribution in [3.8, 4) is 0 Å². The van der Waals surface area contributed by atoms with Crippen LogP contribution < -0.4 is 10.2 Å². The first-order valence-corrected chi connectivity index (χ1v) is 9.28. The topological polar surface area (TPSA) is 83.7 Å². The van der Waals surface area contributed by atoms with Gasteiger partial charge in [0, 0.05) is 26.2 Å². The van der Waals surface area contributed by atoms with Crippen LogP contribution >= 0.6 is 0 Å². The predicted octanol–water partition coefficient (Wildman–Crippen LogP) is 1.87. The van der Waals surface area contributed by atoms with Crippen molar-refractivity contribution in [2.75, 3.05) is 42.9 Å². The number of benzene rings is 1. The summed E-state index contributed by atoms with van der Waals surface area (Å²) in [4.78, 5) is 16.9. The van der Waals surface area contributed by atoms with Crippen LogP contribution in [0.15, 0.2) is 16.8 Å². The van der Waals surface area contributed by atoms with Gasteiger partial charge in [0.2, 0.25) is 5.91 Å². The molecule has 1 aromatic heterocycles. The molecule has 1 aromatic carbocycles. The second-order valence-electron chi connectivity index (χ2n) is 7.29. The van der Waals surface area contributed by atoms with Crippen LogP contribution in [0.3, 0.4) is 0 Å². The molecular formula is C18H25N5O3. The molecule has 4 rings (SSSR count). The normalized spacial score (nSPS) is 24.3. The van der Waals surface area contributed by atoms with E-state index in [0.717, 1.165) is 31.9 Å². The van der Waals surface area contributed by atoms with E-state index in [2.05, 4.69) is 25.4 Å². The predicted molar refractivity (Wildman–Crippen MR) is 98.3 cm³/mol. The van der Waals surface area contributed by atoms with Crippen molar-refractivity contribution in [3.63, 3.8) is 0 Å². The third kappa shape index (κ3) is 3.52. The molecule has 8 nitrogen and oxygen atoms in total. The molecule has 1 amide bonds. The average molecular weight is 359 g/mol. The molecule has 0 spiro atoms. The number of hydrogen-bond donors (Lipinski definition) is 1. The van der Waals surface area contributed by atoms with Crippen LogP contribution in [-0.2, 0) is 9.53 Å². The summed E-state index contributed by atoms with van der Waals surface area (Å²) < 4.78 is 10.7. The number of carbonyl (C=O) groups excluding carboxylic acids is 1. The van der Waals surface area contributed by atoms with Gasteiger partial charge in [0.1, 0.15) is 0 Å². The summed E-state index contributed by atoms with van der Waals surface area (Å²) >= 11 is 0. The molecule has 8 heteroatoms. The fourth-order valence-corrected chi connectivity index (χ4v) is 3.97. The average Bonchev–Trinajstić information content (AvgIpc) is 3.26. The maximum Gasteiger partial charge on any atom is 0.238 e. The van der Waals surface area contributed by atoms with Crippen molar-refractivity contribution in [2.45, 2.75) is 38.9 Å². The van der Waals surface area contributed by atoms with Gasteiger partial charge in [0.15, 0.2) is 11.0 Å². The zero-order valence-electron chi connectivity index (χ0n) is 15.3. The van der Waals surface area contributed by atoms with E-state index in [9.17, 15) is 4.79 Å². The molecule has 1 N–H and O–H groups in total. The summed E-state index contributed by atoms with van der Waals surface area (Å²) in [6.07, 6.45) is 2.64. The molecule has 2 aromatic rings. The highest BCUT2D eigenvalue weighted by atomic mass is 16.6. The van der Waals surface area contributed by atoms with Crippen LogP contribution in [-0.4, -0.2) is 66.1 Å². The Morgan fingerprint density at radius 2 is 1.85 bits per heavy atom. The summed E-state index contributed by atoms with van der Waals surface area (Å²) in [5.41, 5.74) is 2.97. The Kier molecular flexibility index (Phi) is 4.78. The molecule has 140 valence electrons. The lowest BCUT2D eigenvalue weighted by molar-refractivity contribution is -0.121. The lowest BCUT2D eigenvalue weighted by Crippen LogP contribution is -2.48. The van der Waals surface area contributed by atoms with E-state index in [1.54, 1.807) is 0 Å². The molecule has 0 aliphatic carbocycles. The molecule has 2 aliphatic heterocycles. The van der Waals surface area contributed by atoms with E-state index in [1.807, 2.05) is 26.0 Å². The first-order chi connectivity index (χ1) is 12.6. The lowest BCUT2D eigenvalue weighted by atomic mass is 10.2.